The summed E-state index contributed by atoms with van der Waals surface area (Å²) in [6, 6.07) is 0. The summed E-state index contributed by atoms with van der Waals surface area (Å²) in [5, 5.41) is 0.0932. The van der Waals surface area contributed by atoms with Gasteiger partial charge in [0.05, 0.1) is 24.4 Å². The smallest absolute Gasteiger partial charge is 0.304 e. The molecule has 0 aromatic carbocycles. The molecule has 31 heavy (non-hydrogen) atoms. The van der Waals surface area contributed by atoms with Crippen molar-refractivity contribution in [1.29, 1.82) is 0 Å². The second-order valence-electron chi connectivity index (χ2n) is 9.82. The minimum atomic E-state index is -1.97. The van der Waals surface area contributed by atoms with Gasteiger partial charge in [-0.05, 0) is 37.9 Å². The Kier molecular flexibility index (Phi) is 12.2. The second kappa shape index (κ2) is 13.2. The van der Waals surface area contributed by atoms with Gasteiger partial charge in [0, 0.05) is 34.0 Å². The van der Waals surface area contributed by atoms with Gasteiger partial charge in [-0.1, -0.05) is 20.8 Å². The van der Waals surface area contributed by atoms with Gasteiger partial charge in [0.15, 0.2) is 8.32 Å². The van der Waals surface area contributed by atoms with Crippen LogP contribution >= 0.6 is 0 Å². The molecular weight excluding hydrogens is 420 g/mol. The quantitative estimate of drug-likeness (QED) is 0.228. The van der Waals surface area contributed by atoms with Crippen molar-refractivity contribution in [3.05, 3.63) is 0 Å². The Morgan fingerprint density at radius 3 is 2.26 bits per heavy atom. The van der Waals surface area contributed by atoms with E-state index in [-0.39, 0.29) is 49.0 Å². The summed E-state index contributed by atoms with van der Waals surface area (Å²) < 4.78 is 39.8. The molecule has 9 heteroatoms. The van der Waals surface area contributed by atoms with Crippen molar-refractivity contribution in [2.45, 2.75) is 109 Å². The zero-order chi connectivity index (χ0) is 23.7. The lowest BCUT2D eigenvalue weighted by molar-refractivity contribution is -0.220. The molecule has 184 valence electrons. The van der Waals surface area contributed by atoms with E-state index in [4.69, 9.17) is 32.8 Å². The van der Waals surface area contributed by atoms with E-state index in [1.165, 1.54) is 6.92 Å². The van der Waals surface area contributed by atoms with Crippen molar-refractivity contribution < 1.29 is 37.6 Å². The van der Waals surface area contributed by atoms with E-state index in [2.05, 4.69) is 33.9 Å². The first kappa shape index (κ1) is 28.5. The predicted octanol–water partition coefficient (Wildman–Crippen LogP) is 4.22. The van der Waals surface area contributed by atoms with Gasteiger partial charge in [0.25, 0.3) is 0 Å². The summed E-state index contributed by atoms with van der Waals surface area (Å²) in [4.78, 5) is 11.6. The highest BCUT2D eigenvalue weighted by Gasteiger charge is 2.42. The average Bonchev–Trinajstić information content (AvgIpc) is 2.62. The predicted molar refractivity (Wildman–Crippen MR) is 120 cm³/mol. The monoisotopic (exact) mass is 464 g/mol. The van der Waals surface area contributed by atoms with E-state index in [0.717, 1.165) is 6.42 Å². The summed E-state index contributed by atoms with van der Waals surface area (Å²) >= 11 is 0. The van der Waals surface area contributed by atoms with Crippen LogP contribution in [-0.2, 0) is 37.6 Å². The van der Waals surface area contributed by atoms with Crippen molar-refractivity contribution in [1.82, 2.24) is 0 Å². The average molecular weight is 465 g/mol. The van der Waals surface area contributed by atoms with Gasteiger partial charge in [-0.15, -0.1) is 0 Å². The number of ether oxygens (including phenoxy) is 6. The number of carbonyl (C=O) groups is 1. The number of hydrogen-bond donors (Lipinski definition) is 0. The lowest BCUT2D eigenvalue weighted by Gasteiger charge is -2.43. The normalized spacial score (nSPS) is 24.6. The lowest BCUT2D eigenvalue weighted by atomic mass is 9.98. The second-order valence-corrected chi connectivity index (χ2v) is 14.6. The first-order valence-corrected chi connectivity index (χ1v) is 14.0. The molecule has 0 amide bonds. The molecule has 0 bridgehead atoms. The molecule has 1 saturated heterocycles. The highest BCUT2D eigenvalue weighted by Crippen LogP contribution is 2.39. The number of esters is 1. The maximum absolute atomic E-state index is 11.6. The van der Waals surface area contributed by atoms with E-state index in [0.29, 0.717) is 19.3 Å². The van der Waals surface area contributed by atoms with E-state index in [9.17, 15) is 4.79 Å². The van der Waals surface area contributed by atoms with Gasteiger partial charge in [-0.3, -0.25) is 4.79 Å². The molecule has 0 saturated carbocycles. The van der Waals surface area contributed by atoms with E-state index in [1.807, 2.05) is 6.92 Å². The Morgan fingerprint density at radius 2 is 1.71 bits per heavy atom. The van der Waals surface area contributed by atoms with Crippen LogP contribution in [0, 0.1) is 0 Å². The van der Waals surface area contributed by atoms with Gasteiger partial charge >= 0.3 is 5.97 Å². The Labute approximate surface area is 189 Å². The number of methoxy groups -OCH3 is 2. The third-order valence-electron chi connectivity index (χ3n) is 5.90. The molecule has 0 N–H and O–H groups in total. The van der Waals surface area contributed by atoms with Crippen molar-refractivity contribution in [2.75, 3.05) is 27.8 Å². The van der Waals surface area contributed by atoms with Crippen LogP contribution in [0.4, 0.5) is 0 Å². The minimum Gasteiger partial charge on any atom is -0.436 e. The van der Waals surface area contributed by atoms with Gasteiger partial charge in [-0.2, -0.15) is 0 Å². The van der Waals surface area contributed by atoms with Crippen LogP contribution in [-0.4, -0.2) is 72.8 Å². The van der Waals surface area contributed by atoms with Gasteiger partial charge in [-0.25, -0.2) is 0 Å². The molecular formula is C22H44O8Si. The summed E-state index contributed by atoms with van der Waals surface area (Å²) in [7, 11) is 1.22. The van der Waals surface area contributed by atoms with Crippen molar-refractivity contribution >= 4 is 14.3 Å². The molecule has 0 aliphatic carbocycles. The first-order valence-electron chi connectivity index (χ1n) is 11.1. The van der Waals surface area contributed by atoms with Crippen LogP contribution < -0.4 is 0 Å². The van der Waals surface area contributed by atoms with Gasteiger partial charge < -0.3 is 32.8 Å². The number of rotatable bonds is 13. The Morgan fingerprint density at radius 1 is 1.10 bits per heavy atom. The van der Waals surface area contributed by atoms with E-state index >= 15 is 0 Å². The fourth-order valence-electron chi connectivity index (χ4n) is 3.34. The highest BCUT2D eigenvalue weighted by atomic mass is 28.4. The van der Waals surface area contributed by atoms with Crippen LogP contribution in [0.2, 0.25) is 18.1 Å². The molecule has 1 fully saturated rings. The summed E-state index contributed by atoms with van der Waals surface area (Å²) in [6.07, 6.45) is 1.56. The van der Waals surface area contributed by atoms with Crippen LogP contribution in [0.3, 0.4) is 0 Å². The van der Waals surface area contributed by atoms with Gasteiger partial charge in [0.1, 0.15) is 13.6 Å². The maximum Gasteiger partial charge on any atom is 0.304 e. The molecule has 0 spiro atoms. The summed E-state index contributed by atoms with van der Waals surface area (Å²) in [5.74, 6) is -0.356. The fourth-order valence-corrected chi connectivity index (χ4v) is 4.72. The van der Waals surface area contributed by atoms with E-state index < -0.39 is 14.6 Å². The Hall–Kier alpha value is -0.553. The molecule has 0 aromatic rings. The number of hydrogen-bond acceptors (Lipinski definition) is 8. The Bertz CT molecular complexity index is 522. The largest absolute Gasteiger partial charge is 0.436 e. The minimum absolute atomic E-state index is 0.0331. The fraction of sp³-hybridized carbons (Fsp3) is 0.955. The van der Waals surface area contributed by atoms with Crippen LogP contribution in [0.1, 0.15) is 60.3 Å². The van der Waals surface area contributed by atoms with Crippen LogP contribution in [0.5, 0.6) is 0 Å². The molecule has 5 atom stereocenters. The molecule has 1 heterocycles. The SMILES string of the molecule is COCO[C@H](C[C@H]1C[C@H](O[Si](C)(C)C(C)(C)C)CC(OC(C)=O)O1)C[C@H](C)OCOC. The molecule has 8 nitrogen and oxygen atoms in total. The zero-order valence-corrected chi connectivity index (χ0v) is 21.9. The third kappa shape index (κ3) is 10.7. The van der Waals surface area contributed by atoms with Gasteiger partial charge in [0.2, 0.25) is 6.29 Å². The molecule has 1 aliphatic heterocycles. The lowest BCUT2D eigenvalue weighted by Crippen LogP contribution is -2.48. The van der Waals surface area contributed by atoms with Crippen molar-refractivity contribution in [2.24, 2.45) is 0 Å². The third-order valence-corrected chi connectivity index (χ3v) is 10.4. The van der Waals surface area contributed by atoms with Crippen LogP contribution in [0.25, 0.3) is 0 Å². The molecule has 1 rings (SSSR count). The standard InChI is InChI=1S/C22H44O8Si/c1-16(26-14-24-6)10-18(27-15-25-7)11-19-12-20(13-21(29-19)28-17(2)23)30-31(8,9)22(3,4)5/h16,18-21H,10-15H2,1-9H3/t16-,18-,19-,20-,21?/m0/s1. The summed E-state index contributed by atoms with van der Waals surface area (Å²) in [5.41, 5.74) is 0. The Balaban J connectivity index is 2.86. The first-order chi connectivity index (χ1) is 14.4. The maximum atomic E-state index is 11.6. The van der Waals surface area contributed by atoms with Crippen molar-refractivity contribution in [3.63, 3.8) is 0 Å². The van der Waals surface area contributed by atoms with Crippen molar-refractivity contribution in [3.8, 4) is 0 Å². The molecule has 0 radical (unpaired) electrons. The highest BCUT2D eigenvalue weighted by molar-refractivity contribution is 6.74. The molecule has 1 unspecified atom stereocenters. The molecule has 1 aliphatic rings. The topological polar surface area (TPSA) is 81.7 Å². The van der Waals surface area contributed by atoms with Crippen LogP contribution in [0.15, 0.2) is 0 Å². The van der Waals surface area contributed by atoms with E-state index in [1.54, 1.807) is 14.2 Å². The summed E-state index contributed by atoms with van der Waals surface area (Å²) in [6.45, 7) is 14.9. The zero-order valence-electron chi connectivity index (χ0n) is 20.9. The molecule has 0 aromatic heterocycles. The number of carbonyl (C=O) groups excluding carboxylic acids is 1.